The van der Waals surface area contributed by atoms with Crippen LogP contribution in [0.5, 0.6) is 0 Å². The molecule has 1 heteroatoms. The van der Waals surface area contributed by atoms with E-state index >= 15 is 0 Å². The van der Waals surface area contributed by atoms with Crippen molar-refractivity contribution in [3.63, 3.8) is 0 Å². The van der Waals surface area contributed by atoms with Crippen LogP contribution in [0.4, 0.5) is 0 Å². The van der Waals surface area contributed by atoms with Gasteiger partial charge in [0, 0.05) is 12.1 Å². The van der Waals surface area contributed by atoms with Gasteiger partial charge in [0.2, 0.25) is 0 Å². The molecular weight excluding hydrogens is 110 g/mol. The van der Waals surface area contributed by atoms with Crippen molar-refractivity contribution in [2.45, 2.75) is 52.6 Å². The normalized spacial score (nSPS) is 33.3. The summed E-state index contributed by atoms with van der Waals surface area (Å²) in [6, 6.07) is 1.55. The summed E-state index contributed by atoms with van der Waals surface area (Å²) in [6.45, 7) is 8.48. The number of hydrogen-bond donors (Lipinski definition) is 1. The molecule has 0 aromatic heterocycles. The van der Waals surface area contributed by atoms with E-state index in [4.69, 9.17) is 0 Å². The Hall–Kier alpha value is -0.0400. The molecule has 0 aliphatic carbocycles. The standard InChI is InChI=1S/C6H13N.C2H6/c1-5-3-4-6(2)7-5;1-2/h5-7H,3-4H2,1-2H3;1-2H3. The van der Waals surface area contributed by atoms with Crippen molar-refractivity contribution in [1.29, 1.82) is 0 Å². The van der Waals surface area contributed by atoms with Gasteiger partial charge in [0.1, 0.15) is 0 Å². The van der Waals surface area contributed by atoms with E-state index < -0.39 is 0 Å². The Bertz CT molecular complexity index is 53.6. The lowest BCUT2D eigenvalue weighted by atomic mass is 10.2. The van der Waals surface area contributed by atoms with Gasteiger partial charge in [0.05, 0.1) is 0 Å². The fraction of sp³-hybridized carbons (Fsp3) is 1.00. The van der Waals surface area contributed by atoms with Gasteiger partial charge >= 0.3 is 0 Å². The third kappa shape index (κ3) is 3.52. The van der Waals surface area contributed by atoms with E-state index in [-0.39, 0.29) is 0 Å². The molecule has 0 amide bonds. The highest BCUT2D eigenvalue weighted by molar-refractivity contribution is 4.76. The minimum absolute atomic E-state index is 0.773. The van der Waals surface area contributed by atoms with Crippen LogP contribution >= 0.6 is 0 Å². The Kier molecular flexibility index (Phi) is 4.78. The van der Waals surface area contributed by atoms with Crippen molar-refractivity contribution in [3.05, 3.63) is 0 Å². The molecule has 0 aromatic carbocycles. The molecular formula is C8H19N. The monoisotopic (exact) mass is 129 g/mol. The number of nitrogens with one attached hydrogen (secondary N) is 1. The molecule has 0 bridgehead atoms. The molecule has 1 aliphatic rings. The van der Waals surface area contributed by atoms with Crippen LogP contribution < -0.4 is 5.32 Å². The van der Waals surface area contributed by atoms with Crippen LogP contribution in [0.3, 0.4) is 0 Å². The predicted octanol–water partition coefficient (Wildman–Crippen LogP) is 2.17. The van der Waals surface area contributed by atoms with Crippen molar-refractivity contribution in [2.24, 2.45) is 0 Å². The molecule has 56 valence electrons. The van der Waals surface area contributed by atoms with Crippen LogP contribution in [0.1, 0.15) is 40.5 Å². The largest absolute Gasteiger partial charge is 0.312 e. The van der Waals surface area contributed by atoms with Gasteiger partial charge in [-0.2, -0.15) is 0 Å². The van der Waals surface area contributed by atoms with Crippen LogP contribution in [0, 0.1) is 0 Å². The lowest BCUT2D eigenvalue weighted by molar-refractivity contribution is 0.596. The number of rotatable bonds is 0. The Morgan fingerprint density at radius 1 is 1.00 bits per heavy atom. The molecule has 1 rings (SSSR count). The molecule has 0 radical (unpaired) electrons. The van der Waals surface area contributed by atoms with Crippen molar-refractivity contribution in [3.8, 4) is 0 Å². The van der Waals surface area contributed by atoms with E-state index in [1.54, 1.807) is 0 Å². The SMILES string of the molecule is CC.CC1CCC(C)N1. The highest BCUT2D eigenvalue weighted by atomic mass is 15.0. The number of hydrogen-bond acceptors (Lipinski definition) is 1. The molecule has 0 spiro atoms. The van der Waals surface area contributed by atoms with E-state index in [1.165, 1.54) is 12.8 Å². The molecule has 1 aliphatic heterocycles. The molecule has 0 saturated carbocycles. The van der Waals surface area contributed by atoms with Crippen LogP contribution in [0.15, 0.2) is 0 Å². The topological polar surface area (TPSA) is 12.0 Å². The summed E-state index contributed by atoms with van der Waals surface area (Å²) in [4.78, 5) is 0. The predicted molar refractivity (Wildman–Crippen MR) is 42.6 cm³/mol. The lowest BCUT2D eigenvalue weighted by Crippen LogP contribution is -2.23. The Morgan fingerprint density at radius 2 is 1.33 bits per heavy atom. The third-order valence-electron chi connectivity index (χ3n) is 1.60. The summed E-state index contributed by atoms with van der Waals surface area (Å²) in [5, 5.41) is 3.42. The van der Waals surface area contributed by atoms with Gasteiger partial charge in [-0.1, -0.05) is 13.8 Å². The van der Waals surface area contributed by atoms with Gasteiger partial charge < -0.3 is 5.32 Å². The maximum Gasteiger partial charge on any atom is 0.00417 e. The molecule has 1 saturated heterocycles. The van der Waals surface area contributed by atoms with Crippen LogP contribution in [-0.4, -0.2) is 12.1 Å². The first kappa shape index (κ1) is 8.96. The summed E-state index contributed by atoms with van der Waals surface area (Å²) >= 11 is 0. The molecule has 2 unspecified atom stereocenters. The van der Waals surface area contributed by atoms with Crippen LogP contribution in [0.25, 0.3) is 0 Å². The van der Waals surface area contributed by atoms with E-state index in [1.807, 2.05) is 13.8 Å². The summed E-state index contributed by atoms with van der Waals surface area (Å²) in [5.74, 6) is 0. The summed E-state index contributed by atoms with van der Waals surface area (Å²) in [5.41, 5.74) is 0. The fourth-order valence-corrected chi connectivity index (χ4v) is 1.15. The first-order valence-corrected chi connectivity index (χ1v) is 4.05. The average Bonchev–Trinajstić information content (AvgIpc) is 2.20. The van der Waals surface area contributed by atoms with E-state index in [2.05, 4.69) is 19.2 Å². The molecule has 9 heavy (non-hydrogen) atoms. The fourth-order valence-electron chi connectivity index (χ4n) is 1.15. The molecule has 1 N–H and O–H groups in total. The zero-order valence-corrected chi connectivity index (χ0v) is 7.07. The van der Waals surface area contributed by atoms with E-state index in [0.29, 0.717) is 0 Å². The summed E-state index contributed by atoms with van der Waals surface area (Å²) in [6.07, 6.45) is 2.72. The second-order valence-electron chi connectivity index (χ2n) is 2.55. The minimum atomic E-state index is 0.773. The zero-order valence-electron chi connectivity index (χ0n) is 7.07. The molecule has 2 atom stereocenters. The maximum absolute atomic E-state index is 3.42. The Morgan fingerprint density at radius 3 is 1.44 bits per heavy atom. The quantitative estimate of drug-likeness (QED) is 0.528. The molecule has 1 fully saturated rings. The van der Waals surface area contributed by atoms with E-state index in [0.717, 1.165) is 12.1 Å². The molecule has 1 heterocycles. The average molecular weight is 129 g/mol. The van der Waals surface area contributed by atoms with Gasteiger partial charge in [-0.15, -0.1) is 0 Å². The van der Waals surface area contributed by atoms with Gasteiger partial charge in [-0.05, 0) is 26.7 Å². The van der Waals surface area contributed by atoms with Gasteiger partial charge in [0.25, 0.3) is 0 Å². The second-order valence-corrected chi connectivity index (χ2v) is 2.55. The van der Waals surface area contributed by atoms with Gasteiger partial charge in [-0.3, -0.25) is 0 Å². The van der Waals surface area contributed by atoms with Crippen molar-refractivity contribution in [2.75, 3.05) is 0 Å². The minimum Gasteiger partial charge on any atom is -0.312 e. The smallest absolute Gasteiger partial charge is 0.00417 e. The van der Waals surface area contributed by atoms with Crippen molar-refractivity contribution in [1.82, 2.24) is 5.32 Å². The highest BCUT2D eigenvalue weighted by Gasteiger charge is 2.14. The maximum atomic E-state index is 3.42. The van der Waals surface area contributed by atoms with Crippen LogP contribution in [0.2, 0.25) is 0 Å². The highest BCUT2D eigenvalue weighted by Crippen LogP contribution is 2.09. The van der Waals surface area contributed by atoms with Crippen molar-refractivity contribution < 1.29 is 0 Å². The van der Waals surface area contributed by atoms with E-state index in [9.17, 15) is 0 Å². The zero-order chi connectivity index (χ0) is 7.28. The van der Waals surface area contributed by atoms with Gasteiger partial charge in [0.15, 0.2) is 0 Å². The Balaban J connectivity index is 0.000000291. The summed E-state index contributed by atoms with van der Waals surface area (Å²) in [7, 11) is 0. The Labute approximate surface area is 58.8 Å². The second kappa shape index (κ2) is 4.80. The third-order valence-corrected chi connectivity index (χ3v) is 1.60. The molecule has 1 nitrogen and oxygen atoms in total. The first-order chi connectivity index (χ1) is 4.29. The lowest BCUT2D eigenvalue weighted by Gasteiger charge is -2.01. The van der Waals surface area contributed by atoms with Crippen molar-refractivity contribution >= 4 is 0 Å². The van der Waals surface area contributed by atoms with Crippen LogP contribution in [-0.2, 0) is 0 Å². The van der Waals surface area contributed by atoms with Gasteiger partial charge in [-0.25, -0.2) is 0 Å². The summed E-state index contributed by atoms with van der Waals surface area (Å²) < 4.78 is 0. The first-order valence-electron chi connectivity index (χ1n) is 4.05. The molecule has 0 aromatic rings.